The highest BCUT2D eigenvalue weighted by molar-refractivity contribution is 6.27. The van der Waals surface area contributed by atoms with E-state index in [2.05, 4.69) is 52.1 Å². The monoisotopic (exact) mass is 632 g/mol. The first kappa shape index (κ1) is 38.0. The first-order chi connectivity index (χ1) is 20.9. The summed E-state index contributed by atoms with van der Waals surface area (Å²) in [7, 11) is 5.93. The van der Waals surface area contributed by atoms with Gasteiger partial charge in [-0.15, -0.1) is 0 Å². The van der Waals surface area contributed by atoms with Crippen LogP contribution in [-0.2, 0) is 25.7 Å². The van der Waals surface area contributed by atoms with Crippen LogP contribution in [0.4, 0.5) is 5.82 Å². The molecule has 45 heavy (non-hydrogen) atoms. The molecule has 1 aliphatic carbocycles. The molecule has 15 nitrogen and oxygen atoms in total. The lowest BCUT2D eigenvalue weighted by atomic mass is 10.1. The molecule has 2 aromatic carbocycles. The zero-order valence-corrected chi connectivity index (χ0v) is 25.4. The Balaban J connectivity index is 0.000000663. The standard InChI is InChI=1S/C26H34N4O2.2C2H2O4.H2O/c1-29(2)15-8-16-30(26-22-11-6-7-12-23(22)27-19-28-26)18-20-13-14-24(31-3)25(17-20)32-21-9-4-5-10-21;2*3-1(4)2(5)6;/h6-7,11-14,17,19,21H,4-5,8-10,15-16,18H2,1-3H3;2*(H,3,4)(H,5,6);1H2. The number of benzene rings is 2. The van der Waals surface area contributed by atoms with E-state index in [1.807, 2.05) is 24.3 Å². The Labute approximate surface area is 260 Å². The fraction of sp³-hybridized carbons (Fsp3) is 0.400. The summed E-state index contributed by atoms with van der Waals surface area (Å²) in [4.78, 5) is 50.1. The number of para-hydroxylation sites is 1. The summed E-state index contributed by atoms with van der Waals surface area (Å²) < 4.78 is 11.9. The Morgan fingerprint density at radius 2 is 1.44 bits per heavy atom. The molecule has 246 valence electrons. The number of hydrogen-bond acceptors (Lipinski definition) is 10. The lowest BCUT2D eigenvalue weighted by molar-refractivity contribution is -0.159. The average Bonchev–Trinajstić information content (AvgIpc) is 3.50. The largest absolute Gasteiger partial charge is 0.493 e. The second-order valence-electron chi connectivity index (χ2n) is 10.0. The van der Waals surface area contributed by atoms with Crippen molar-refractivity contribution in [3.63, 3.8) is 0 Å². The lowest BCUT2D eigenvalue weighted by Gasteiger charge is -2.26. The maximum absolute atomic E-state index is 9.10. The zero-order chi connectivity index (χ0) is 32.6. The Morgan fingerprint density at radius 1 is 0.844 bits per heavy atom. The average molecular weight is 633 g/mol. The number of rotatable bonds is 10. The summed E-state index contributed by atoms with van der Waals surface area (Å²) in [5.74, 6) is -4.68. The van der Waals surface area contributed by atoms with Crippen molar-refractivity contribution < 1.29 is 54.6 Å². The van der Waals surface area contributed by atoms with Crippen LogP contribution in [0.5, 0.6) is 11.5 Å². The van der Waals surface area contributed by atoms with Gasteiger partial charge in [-0.05, 0) is 82.6 Å². The summed E-state index contributed by atoms with van der Waals surface area (Å²) >= 11 is 0. The van der Waals surface area contributed by atoms with E-state index in [4.69, 9.17) is 49.1 Å². The molecule has 1 aromatic heterocycles. The van der Waals surface area contributed by atoms with Crippen LogP contribution in [0, 0.1) is 0 Å². The van der Waals surface area contributed by atoms with Gasteiger partial charge in [0.2, 0.25) is 0 Å². The maximum atomic E-state index is 9.10. The smallest absolute Gasteiger partial charge is 0.414 e. The summed E-state index contributed by atoms with van der Waals surface area (Å²) in [6.45, 7) is 2.68. The Bertz CT molecular complexity index is 1360. The number of fused-ring (bicyclic) bond motifs is 1. The van der Waals surface area contributed by atoms with Crippen molar-refractivity contribution in [3.8, 4) is 11.5 Å². The second-order valence-corrected chi connectivity index (χ2v) is 10.0. The van der Waals surface area contributed by atoms with Crippen molar-refractivity contribution in [3.05, 3.63) is 54.4 Å². The van der Waals surface area contributed by atoms with Crippen molar-refractivity contribution in [1.82, 2.24) is 14.9 Å². The van der Waals surface area contributed by atoms with Gasteiger partial charge < -0.3 is 45.2 Å². The van der Waals surface area contributed by atoms with Crippen LogP contribution in [0.25, 0.3) is 10.9 Å². The van der Waals surface area contributed by atoms with Crippen LogP contribution < -0.4 is 14.4 Å². The normalized spacial score (nSPS) is 12.1. The molecule has 0 bridgehead atoms. The quantitative estimate of drug-likeness (QED) is 0.235. The highest BCUT2D eigenvalue weighted by atomic mass is 16.5. The molecular weight excluding hydrogens is 592 g/mol. The molecule has 0 spiro atoms. The lowest BCUT2D eigenvalue weighted by Crippen LogP contribution is -2.28. The highest BCUT2D eigenvalue weighted by Crippen LogP contribution is 2.33. The molecule has 0 saturated heterocycles. The van der Waals surface area contributed by atoms with Crippen LogP contribution in [-0.4, -0.2) is 105 Å². The van der Waals surface area contributed by atoms with Gasteiger partial charge in [0, 0.05) is 18.5 Å². The van der Waals surface area contributed by atoms with Gasteiger partial charge in [-0.25, -0.2) is 29.1 Å². The number of nitrogens with zero attached hydrogens (tertiary/aromatic N) is 4. The molecule has 1 aliphatic rings. The van der Waals surface area contributed by atoms with Gasteiger partial charge in [-0.3, -0.25) is 0 Å². The highest BCUT2D eigenvalue weighted by Gasteiger charge is 2.20. The predicted octanol–water partition coefficient (Wildman–Crippen LogP) is 2.40. The van der Waals surface area contributed by atoms with Gasteiger partial charge in [0.15, 0.2) is 11.5 Å². The minimum atomic E-state index is -1.82. The SMILES string of the molecule is COc1ccc(CN(CCCN(C)C)c2ncnc3ccccc23)cc1OC1CCCC1.O.O=C(O)C(=O)O.O=C(O)C(=O)O. The van der Waals surface area contributed by atoms with E-state index < -0.39 is 23.9 Å². The number of aromatic nitrogens is 2. The third kappa shape index (κ3) is 13.0. The van der Waals surface area contributed by atoms with E-state index in [1.54, 1.807) is 13.4 Å². The summed E-state index contributed by atoms with van der Waals surface area (Å²) in [6, 6.07) is 14.5. The molecule has 0 radical (unpaired) electrons. The van der Waals surface area contributed by atoms with E-state index in [0.717, 1.165) is 67.1 Å². The van der Waals surface area contributed by atoms with Crippen molar-refractivity contribution in [1.29, 1.82) is 0 Å². The van der Waals surface area contributed by atoms with Gasteiger partial charge in [0.05, 0.1) is 18.7 Å². The van der Waals surface area contributed by atoms with Gasteiger partial charge in [0.1, 0.15) is 12.1 Å². The van der Waals surface area contributed by atoms with Crippen LogP contribution in [0.1, 0.15) is 37.7 Å². The molecule has 4 rings (SSSR count). The van der Waals surface area contributed by atoms with Gasteiger partial charge in [0.25, 0.3) is 0 Å². The van der Waals surface area contributed by atoms with Crippen LogP contribution >= 0.6 is 0 Å². The number of anilines is 1. The molecule has 1 heterocycles. The Morgan fingerprint density at radius 3 is 2.00 bits per heavy atom. The third-order valence-corrected chi connectivity index (χ3v) is 6.42. The number of methoxy groups -OCH3 is 1. The number of hydrogen-bond donors (Lipinski definition) is 4. The molecule has 1 fully saturated rings. The minimum Gasteiger partial charge on any atom is -0.493 e. The molecular formula is C30H40N4O11. The molecule has 0 atom stereocenters. The predicted molar refractivity (Wildman–Crippen MR) is 164 cm³/mol. The fourth-order valence-corrected chi connectivity index (χ4v) is 4.40. The van der Waals surface area contributed by atoms with Gasteiger partial charge >= 0.3 is 23.9 Å². The molecule has 6 N–H and O–H groups in total. The Kier molecular flexibility index (Phi) is 16.3. The first-order valence-electron chi connectivity index (χ1n) is 13.8. The topological polar surface area (TPSA) is 231 Å². The molecule has 0 amide bonds. The summed E-state index contributed by atoms with van der Waals surface area (Å²) in [5, 5.41) is 30.6. The first-order valence-corrected chi connectivity index (χ1v) is 13.8. The zero-order valence-electron chi connectivity index (χ0n) is 25.4. The van der Waals surface area contributed by atoms with Crippen molar-refractivity contribution in [2.24, 2.45) is 0 Å². The number of carboxylic acids is 4. The Hall–Kier alpha value is -5.02. The maximum Gasteiger partial charge on any atom is 0.414 e. The van der Waals surface area contributed by atoms with E-state index in [1.165, 1.54) is 18.4 Å². The molecule has 3 aromatic rings. The fourth-order valence-electron chi connectivity index (χ4n) is 4.40. The van der Waals surface area contributed by atoms with E-state index in [9.17, 15) is 0 Å². The number of carboxylic acid groups (broad SMARTS) is 4. The molecule has 15 heteroatoms. The number of carbonyl (C=O) groups is 4. The third-order valence-electron chi connectivity index (χ3n) is 6.42. The van der Waals surface area contributed by atoms with Crippen LogP contribution in [0.15, 0.2) is 48.8 Å². The molecule has 1 saturated carbocycles. The molecule has 0 unspecified atom stereocenters. The van der Waals surface area contributed by atoms with Crippen LogP contribution in [0.2, 0.25) is 0 Å². The summed E-state index contributed by atoms with van der Waals surface area (Å²) in [5.41, 5.74) is 2.15. The van der Waals surface area contributed by atoms with Crippen molar-refractivity contribution in [2.75, 3.05) is 39.2 Å². The second kappa shape index (κ2) is 19.3. The van der Waals surface area contributed by atoms with E-state index in [-0.39, 0.29) is 5.48 Å². The van der Waals surface area contributed by atoms with Crippen molar-refractivity contribution in [2.45, 2.75) is 44.8 Å². The van der Waals surface area contributed by atoms with E-state index >= 15 is 0 Å². The van der Waals surface area contributed by atoms with Crippen LogP contribution in [0.3, 0.4) is 0 Å². The number of aliphatic carboxylic acids is 4. The van der Waals surface area contributed by atoms with E-state index in [0.29, 0.717) is 6.10 Å². The number of ether oxygens (including phenoxy) is 2. The van der Waals surface area contributed by atoms with Gasteiger partial charge in [-0.2, -0.15) is 0 Å². The van der Waals surface area contributed by atoms with Gasteiger partial charge in [-0.1, -0.05) is 18.2 Å². The minimum absolute atomic E-state index is 0. The molecule has 0 aliphatic heterocycles. The summed E-state index contributed by atoms with van der Waals surface area (Å²) in [6.07, 6.45) is 7.74. The van der Waals surface area contributed by atoms with Crippen molar-refractivity contribution >= 4 is 40.6 Å².